The van der Waals surface area contributed by atoms with Gasteiger partial charge in [-0.25, -0.2) is 9.67 Å². The molecule has 1 aliphatic heterocycles. The van der Waals surface area contributed by atoms with E-state index in [4.69, 9.17) is 0 Å². The zero-order valence-corrected chi connectivity index (χ0v) is 15.9. The Morgan fingerprint density at radius 3 is 2.52 bits per heavy atom. The van der Waals surface area contributed by atoms with E-state index >= 15 is 0 Å². The van der Waals surface area contributed by atoms with Gasteiger partial charge in [0.2, 0.25) is 5.91 Å². The van der Waals surface area contributed by atoms with Gasteiger partial charge >= 0.3 is 0 Å². The quantitative estimate of drug-likeness (QED) is 0.847. The largest absolute Gasteiger partial charge is 0.341 e. The van der Waals surface area contributed by atoms with E-state index in [0.29, 0.717) is 18.7 Å². The molecule has 1 fully saturated rings. The number of carbonyl (C=O) groups is 2. The summed E-state index contributed by atoms with van der Waals surface area (Å²) in [6, 6.07) is 8.80. The van der Waals surface area contributed by atoms with Crippen molar-refractivity contribution in [3.8, 4) is 0 Å². The van der Waals surface area contributed by atoms with Crippen LogP contribution in [0.1, 0.15) is 49.5 Å². The first-order chi connectivity index (χ1) is 13.1. The molecule has 1 aromatic carbocycles. The van der Waals surface area contributed by atoms with Crippen LogP contribution < -0.4 is 5.32 Å². The molecular weight excluding hydrogens is 342 g/mol. The average Bonchev–Trinajstić information content (AvgIpc) is 3.26. The summed E-state index contributed by atoms with van der Waals surface area (Å²) in [6.07, 6.45) is 5.77. The average molecular weight is 369 g/mol. The Labute approximate surface area is 159 Å². The maximum atomic E-state index is 13.1. The van der Waals surface area contributed by atoms with E-state index in [1.54, 1.807) is 18.5 Å². The second-order valence-corrected chi connectivity index (χ2v) is 7.13. The fourth-order valence-electron chi connectivity index (χ4n) is 3.45. The highest BCUT2D eigenvalue weighted by atomic mass is 16.2. The summed E-state index contributed by atoms with van der Waals surface area (Å²) < 4.78 is 1.87. The van der Waals surface area contributed by atoms with Crippen molar-refractivity contribution < 1.29 is 9.59 Å². The summed E-state index contributed by atoms with van der Waals surface area (Å²) in [4.78, 5) is 31.6. The third-order valence-corrected chi connectivity index (χ3v) is 5.39. The first-order valence-electron chi connectivity index (χ1n) is 9.59. The van der Waals surface area contributed by atoms with Gasteiger partial charge < -0.3 is 10.2 Å². The van der Waals surface area contributed by atoms with Crippen LogP contribution in [0.2, 0.25) is 0 Å². The summed E-state index contributed by atoms with van der Waals surface area (Å²) in [7, 11) is 0. The number of nitrogens with one attached hydrogen (secondary N) is 1. The number of piperidine rings is 1. The van der Waals surface area contributed by atoms with Gasteiger partial charge in [0, 0.05) is 18.7 Å². The highest BCUT2D eigenvalue weighted by Crippen LogP contribution is 2.23. The van der Waals surface area contributed by atoms with Crippen molar-refractivity contribution in [1.29, 1.82) is 0 Å². The van der Waals surface area contributed by atoms with Crippen LogP contribution in [0.5, 0.6) is 0 Å². The van der Waals surface area contributed by atoms with Crippen molar-refractivity contribution in [1.82, 2.24) is 25.0 Å². The summed E-state index contributed by atoms with van der Waals surface area (Å²) in [6.45, 7) is 5.38. The normalized spacial score (nSPS) is 17.3. The Morgan fingerprint density at radius 1 is 1.22 bits per heavy atom. The van der Waals surface area contributed by atoms with E-state index in [-0.39, 0.29) is 23.8 Å². The fraction of sp³-hybridized carbons (Fsp3) is 0.500. The maximum absolute atomic E-state index is 13.1. The molecule has 2 aromatic rings. The molecule has 1 aliphatic rings. The second-order valence-electron chi connectivity index (χ2n) is 7.13. The lowest BCUT2D eigenvalue weighted by molar-refractivity contribution is -0.135. The smallest absolute Gasteiger partial charge is 0.251 e. The van der Waals surface area contributed by atoms with Gasteiger partial charge in [-0.15, -0.1) is 0 Å². The summed E-state index contributed by atoms with van der Waals surface area (Å²) >= 11 is 0. The predicted molar refractivity (Wildman–Crippen MR) is 102 cm³/mol. The van der Waals surface area contributed by atoms with Crippen molar-refractivity contribution >= 4 is 11.8 Å². The SMILES string of the molecule is CCC(C)C(NC(=O)c1ccccc1)C(=O)N1CCC(n2cncn2)CC1. The minimum absolute atomic E-state index is 0.00525. The molecule has 7 heteroatoms. The first-order valence-corrected chi connectivity index (χ1v) is 9.59. The molecule has 1 aromatic heterocycles. The third-order valence-electron chi connectivity index (χ3n) is 5.39. The number of aromatic nitrogens is 3. The van der Waals surface area contributed by atoms with Crippen LogP contribution in [-0.2, 0) is 4.79 Å². The number of likely N-dealkylation sites (tertiary alicyclic amines) is 1. The number of carbonyl (C=O) groups excluding carboxylic acids is 2. The minimum atomic E-state index is -0.509. The van der Waals surface area contributed by atoms with E-state index in [1.807, 2.05) is 41.6 Å². The van der Waals surface area contributed by atoms with Crippen LogP contribution in [0.25, 0.3) is 0 Å². The van der Waals surface area contributed by atoms with Gasteiger partial charge in [-0.05, 0) is 30.9 Å². The highest BCUT2D eigenvalue weighted by Gasteiger charge is 2.32. The second kappa shape index (κ2) is 8.79. The molecule has 1 N–H and O–H groups in total. The van der Waals surface area contributed by atoms with Crippen LogP contribution >= 0.6 is 0 Å². The molecule has 2 amide bonds. The molecule has 0 radical (unpaired) electrons. The fourth-order valence-corrected chi connectivity index (χ4v) is 3.45. The Hall–Kier alpha value is -2.70. The predicted octanol–water partition coefficient (Wildman–Crippen LogP) is 2.29. The molecule has 2 heterocycles. The van der Waals surface area contributed by atoms with Crippen LogP contribution in [0.3, 0.4) is 0 Å². The van der Waals surface area contributed by atoms with E-state index in [1.165, 1.54) is 6.33 Å². The van der Waals surface area contributed by atoms with Crippen LogP contribution in [0.4, 0.5) is 0 Å². The van der Waals surface area contributed by atoms with Crippen LogP contribution in [0.15, 0.2) is 43.0 Å². The van der Waals surface area contributed by atoms with Gasteiger partial charge in [-0.3, -0.25) is 9.59 Å². The first kappa shape index (κ1) is 19.1. The van der Waals surface area contributed by atoms with Gasteiger partial charge in [0.25, 0.3) is 5.91 Å². The summed E-state index contributed by atoms with van der Waals surface area (Å²) in [5.41, 5.74) is 0.573. The van der Waals surface area contributed by atoms with E-state index < -0.39 is 6.04 Å². The number of hydrogen-bond acceptors (Lipinski definition) is 4. The van der Waals surface area contributed by atoms with Crippen molar-refractivity contribution in [3.05, 3.63) is 48.5 Å². The zero-order chi connectivity index (χ0) is 19.2. The molecule has 0 aliphatic carbocycles. The lowest BCUT2D eigenvalue weighted by Crippen LogP contribution is -2.53. The third kappa shape index (κ3) is 4.53. The van der Waals surface area contributed by atoms with Crippen molar-refractivity contribution in [3.63, 3.8) is 0 Å². The number of hydrogen-bond donors (Lipinski definition) is 1. The number of amides is 2. The topological polar surface area (TPSA) is 80.1 Å². The minimum Gasteiger partial charge on any atom is -0.341 e. The zero-order valence-electron chi connectivity index (χ0n) is 15.9. The Bertz CT molecular complexity index is 739. The Kier molecular flexibility index (Phi) is 6.21. The standard InChI is InChI=1S/C20H27N5O2/c1-3-15(2)18(23-19(26)16-7-5-4-6-8-16)20(27)24-11-9-17(10-12-24)25-14-21-13-22-25/h4-8,13-15,17-18H,3,9-12H2,1-2H3,(H,23,26). The molecule has 144 valence electrons. The number of nitrogens with zero attached hydrogens (tertiary/aromatic N) is 4. The molecule has 0 saturated carbocycles. The number of benzene rings is 1. The summed E-state index contributed by atoms with van der Waals surface area (Å²) in [5, 5.41) is 7.17. The van der Waals surface area contributed by atoms with Crippen molar-refractivity contribution in [2.45, 2.75) is 45.2 Å². The Balaban J connectivity index is 1.64. The van der Waals surface area contributed by atoms with Crippen LogP contribution in [0, 0.1) is 5.92 Å². The molecule has 0 spiro atoms. The van der Waals surface area contributed by atoms with E-state index in [2.05, 4.69) is 15.4 Å². The molecule has 0 bridgehead atoms. The van der Waals surface area contributed by atoms with E-state index in [0.717, 1.165) is 19.3 Å². The molecule has 1 saturated heterocycles. The van der Waals surface area contributed by atoms with Gasteiger partial charge in [0.05, 0.1) is 6.04 Å². The molecular formula is C20H27N5O2. The van der Waals surface area contributed by atoms with Gasteiger partial charge in [-0.2, -0.15) is 5.10 Å². The molecule has 27 heavy (non-hydrogen) atoms. The summed E-state index contributed by atoms with van der Waals surface area (Å²) in [5.74, 6) is -0.129. The molecule has 2 unspecified atom stereocenters. The highest BCUT2D eigenvalue weighted by molar-refractivity contribution is 5.97. The van der Waals surface area contributed by atoms with Crippen LogP contribution in [-0.4, -0.2) is 50.6 Å². The van der Waals surface area contributed by atoms with Gasteiger partial charge in [0.1, 0.15) is 18.7 Å². The van der Waals surface area contributed by atoms with Crippen molar-refractivity contribution in [2.24, 2.45) is 5.92 Å². The van der Waals surface area contributed by atoms with E-state index in [9.17, 15) is 9.59 Å². The maximum Gasteiger partial charge on any atom is 0.251 e. The number of rotatable bonds is 6. The monoisotopic (exact) mass is 369 g/mol. The molecule has 7 nitrogen and oxygen atoms in total. The lowest BCUT2D eigenvalue weighted by atomic mass is 9.95. The van der Waals surface area contributed by atoms with Gasteiger partial charge in [-0.1, -0.05) is 38.5 Å². The van der Waals surface area contributed by atoms with Gasteiger partial charge in [0.15, 0.2) is 0 Å². The molecule has 3 rings (SSSR count). The Morgan fingerprint density at radius 2 is 1.93 bits per heavy atom. The van der Waals surface area contributed by atoms with Crippen molar-refractivity contribution in [2.75, 3.05) is 13.1 Å². The lowest BCUT2D eigenvalue weighted by Gasteiger charge is -2.35. The molecule has 2 atom stereocenters.